The molecule has 0 aliphatic rings. The van der Waals surface area contributed by atoms with Crippen LogP contribution in [0.3, 0.4) is 0 Å². The van der Waals surface area contributed by atoms with Crippen LogP contribution in [0.1, 0.15) is 5.69 Å². The van der Waals surface area contributed by atoms with E-state index < -0.39 is 0 Å². The summed E-state index contributed by atoms with van der Waals surface area (Å²) in [5, 5.41) is 14.0. The lowest BCUT2D eigenvalue weighted by Gasteiger charge is -2.07. The van der Waals surface area contributed by atoms with Crippen LogP contribution in [0.5, 0.6) is 0 Å². The summed E-state index contributed by atoms with van der Waals surface area (Å²) < 4.78 is 2.66. The smallest absolute Gasteiger partial charge is 0.267 e. The highest BCUT2D eigenvalue weighted by Crippen LogP contribution is 2.23. The number of benzene rings is 1. The molecule has 0 spiro atoms. The minimum atomic E-state index is -0.344. The lowest BCUT2D eigenvalue weighted by atomic mass is 10.2. The molecule has 1 N–H and O–H groups in total. The Hall–Kier alpha value is -3.59. The summed E-state index contributed by atoms with van der Waals surface area (Å²) in [4.78, 5) is 28.8. The highest BCUT2D eigenvalue weighted by molar-refractivity contribution is 7.13. The maximum atomic E-state index is 12.2. The van der Waals surface area contributed by atoms with Crippen LogP contribution in [0.15, 0.2) is 71.1 Å². The predicted molar refractivity (Wildman–Crippen MR) is 110 cm³/mol. The Bertz CT molecular complexity index is 1150. The number of nitrogens with one attached hydrogen (secondary N) is 1. The molecule has 4 aromatic rings. The van der Waals surface area contributed by atoms with Gasteiger partial charge in [0, 0.05) is 42.4 Å². The van der Waals surface area contributed by atoms with E-state index in [2.05, 4.69) is 20.5 Å². The van der Waals surface area contributed by atoms with Gasteiger partial charge in [-0.05, 0) is 12.1 Å². The van der Waals surface area contributed by atoms with Gasteiger partial charge in [-0.25, -0.2) is 14.3 Å². The number of nitrogens with zero attached hydrogens (tertiary/aromatic N) is 5. The van der Waals surface area contributed by atoms with Crippen molar-refractivity contribution in [2.24, 2.45) is 0 Å². The molecule has 0 saturated carbocycles. The van der Waals surface area contributed by atoms with Gasteiger partial charge in [0.15, 0.2) is 5.82 Å². The quantitative estimate of drug-likeness (QED) is 0.506. The first-order valence-corrected chi connectivity index (χ1v) is 9.92. The summed E-state index contributed by atoms with van der Waals surface area (Å²) in [6.45, 7) is 0.282. The maximum Gasteiger partial charge on any atom is 0.267 e. The van der Waals surface area contributed by atoms with Crippen LogP contribution in [-0.2, 0) is 17.8 Å². The number of aromatic nitrogens is 5. The van der Waals surface area contributed by atoms with Crippen LogP contribution in [0, 0.1) is 0 Å². The van der Waals surface area contributed by atoms with Crippen molar-refractivity contribution in [2.45, 2.75) is 13.0 Å². The lowest BCUT2D eigenvalue weighted by molar-refractivity contribution is -0.121. The molecule has 0 saturated heterocycles. The Labute approximate surface area is 170 Å². The van der Waals surface area contributed by atoms with Gasteiger partial charge in [0.1, 0.15) is 11.6 Å². The number of carbonyl (C=O) groups excluding carboxylic acids is 1. The number of amides is 1. The SMILES string of the molecule is O=C(Cn1nc(-n2cccn2)ccc1=O)NCCc1csc(-c2ccccc2)n1. The molecule has 0 radical (unpaired) electrons. The molecule has 0 bridgehead atoms. The van der Waals surface area contributed by atoms with Gasteiger partial charge in [-0.3, -0.25) is 9.59 Å². The van der Waals surface area contributed by atoms with Gasteiger partial charge in [0.25, 0.3) is 5.56 Å². The van der Waals surface area contributed by atoms with Crippen LogP contribution in [-0.4, -0.2) is 37.0 Å². The summed E-state index contributed by atoms with van der Waals surface area (Å²) in [6.07, 6.45) is 3.95. The van der Waals surface area contributed by atoms with Gasteiger partial charge in [-0.15, -0.1) is 16.4 Å². The number of hydrogen-bond donors (Lipinski definition) is 1. The maximum absolute atomic E-state index is 12.2. The predicted octanol–water partition coefficient (Wildman–Crippen LogP) is 1.91. The molecule has 1 amide bonds. The van der Waals surface area contributed by atoms with E-state index in [1.807, 2.05) is 35.7 Å². The number of hydrogen-bond acceptors (Lipinski definition) is 6. The lowest BCUT2D eigenvalue weighted by Crippen LogP contribution is -2.34. The molecule has 9 heteroatoms. The average molecular weight is 406 g/mol. The van der Waals surface area contributed by atoms with Crippen molar-refractivity contribution in [3.63, 3.8) is 0 Å². The van der Waals surface area contributed by atoms with Crippen molar-refractivity contribution in [2.75, 3.05) is 6.54 Å². The van der Waals surface area contributed by atoms with Crippen molar-refractivity contribution in [1.29, 1.82) is 0 Å². The second-order valence-corrected chi connectivity index (χ2v) is 7.11. The number of thiazole rings is 1. The zero-order valence-corrected chi connectivity index (χ0v) is 16.2. The van der Waals surface area contributed by atoms with E-state index in [0.29, 0.717) is 18.8 Å². The third-order valence-corrected chi connectivity index (χ3v) is 5.10. The normalized spacial score (nSPS) is 10.8. The van der Waals surface area contributed by atoms with Crippen LogP contribution < -0.4 is 10.9 Å². The first kappa shape index (κ1) is 18.8. The molecule has 0 aliphatic carbocycles. The fourth-order valence-corrected chi connectivity index (χ4v) is 3.60. The Morgan fingerprint density at radius 1 is 1.10 bits per heavy atom. The second kappa shape index (κ2) is 8.61. The van der Waals surface area contributed by atoms with Gasteiger partial charge in [-0.2, -0.15) is 5.10 Å². The number of rotatable bonds is 7. The molecule has 0 atom stereocenters. The summed E-state index contributed by atoms with van der Waals surface area (Å²) in [5.41, 5.74) is 1.66. The second-order valence-electron chi connectivity index (χ2n) is 6.25. The fourth-order valence-electron chi connectivity index (χ4n) is 2.73. The van der Waals surface area contributed by atoms with Crippen molar-refractivity contribution < 1.29 is 4.79 Å². The number of carbonyl (C=O) groups is 1. The van der Waals surface area contributed by atoms with E-state index in [0.717, 1.165) is 20.9 Å². The van der Waals surface area contributed by atoms with Crippen LogP contribution in [0.2, 0.25) is 0 Å². The molecule has 29 heavy (non-hydrogen) atoms. The van der Waals surface area contributed by atoms with Crippen molar-refractivity contribution in [1.82, 2.24) is 29.9 Å². The first-order chi connectivity index (χ1) is 14.2. The van der Waals surface area contributed by atoms with Crippen molar-refractivity contribution in [3.8, 4) is 16.4 Å². The van der Waals surface area contributed by atoms with E-state index in [-0.39, 0.29) is 18.0 Å². The van der Waals surface area contributed by atoms with Crippen LogP contribution in [0.25, 0.3) is 16.4 Å². The van der Waals surface area contributed by atoms with E-state index >= 15 is 0 Å². The minimum absolute atomic E-state index is 0.153. The van der Waals surface area contributed by atoms with Crippen molar-refractivity contribution >= 4 is 17.2 Å². The zero-order valence-electron chi connectivity index (χ0n) is 15.4. The summed E-state index contributed by atoms with van der Waals surface area (Å²) >= 11 is 1.58. The Morgan fingerprint density at radius 2 is 1.97 bits per heavy atom. The van der Waals surface area contributed by atoms with Gasteiger partial charge in [0.05, 0.1) is 5.69 Å². The fraction of sp³-hybridized carbons (Fsp3) is 0.150. The zero-order chi connectivity index (χ0) is 20.1. The van der Waals surface area contributed by atoms with Crippen LogP contribution >= 0.6 is 11.3 Å². The molecule has 0 aliphatic heterocycles. The molecule has 8 nitrogen and oxygen atoms in total. The minimum Gasteiger partial charge on any atom is -0.354 e. The van der Waals surface area contributed by atoms with E-state index in [1.54, 1.807) is 35.9 Å². The van der Waals surface area contributed by atoms with E-state index in [1.165, 1.54) is 10.7 Å². The first-order valence-electron chi connectivity index (χ1n) is 9.04. The molecule has 3 aromatic heterocycles. The van der Waals surface area contributed by atoms with Gasteiger partial charge >= 0.3 is 0 Å². The third-order valence-electron chi connectivity index (χ3n) is 4.16. The third kappa shape index (κ3) is 4.64. The van der Waals surface area contributed by atoms with Gasteiger partial charge < -0.3 is 5.32 Å². The van der Waals surface area contributed by atoms with E-state index in [4.69, 9.17) is 0 Å². The standard InChI is InChI=1S/C20H18N6O2S/c27-18(13-26-19(28)8-7-17(24-26)25-12-4-10-22-25)21-11-9-16-14-29-20(23-16)15-5-2-1-3-6-15/h1-8,10,12,14H,9,11,13H2,(H,21,27). The highest BCUT2D eigenvalue weighted by atomic mass is 32.1. The topological polar surface area (TPSA) is 94.7 Å². The molecule has 0 unspecified atom stereocenters. The summed E-state index contributed by atoms with van der Waals surface area (Å²) in [5.74, 6) is 0.189. The monoisotopic (exact) mass is 406 g/mol. The van der Waals surface area contributed by atoms with Gasteiger partial charge in [-0.1, -0.05) is 30.3 Å². The highest BCUT2D eigenvalue weighted by Gasteiger charge is 2.09. The summed E-state index contributed by atoms with van der Waals surface area (Å²) in [6, 6.07) is 14.7. The molecule has 4 rings (SSSR count). The molecule has 146 valence electrons. The van der Waals surface area contributed by atoms with Gasteiger partial charge in [0.2, 0.25) is 5.91 Å². The van der Waals surface area contributed by atoms with Crippen molar-refractivity contribution in [3.05, 3.63) is 82.4 Å². The largest absolute Gasteiger partial charge is 0.354 e. The Kier molecular flexibility index (Phi) is 5.57. The molecule has 1 aromatic carbocycles. The van der Waals surface area contributed by atoms with Crippen LogP contribution in [0.4, 0.5) is 0 Å². The summed E-state index contributed by atoms with van der Waals surface area (Å²) in [7, 11) is 0. The molecular formula is C20H18N6O2S. The molecule has 3 heterocycles. The average Bonchev–Trinajstić information content (AvgIpc) is 3.43. The Balaban J connectivity index is 1.32. The molecule has 0 fully saturated rings. The van der Waals surface area contributed by atoms with E-state index in [9.17, 15) is 9.59 Å². The molecular weight excluding hydrogens is 388 g/mol. The Morgan fingerprint density at radius 3 is 2.76 bits per heavy atom.